The van der Waals surface area contributed by atoms with Crippen LogP contribution in [0.5, 0.6) is 0 Å². The zero-order valence-corrected chi connectivity index (χ0v) is 12.7. The first-order chi connectivity index (χ1) is 10.2. The molecule has 0 bridgehead atoms. The third-order valence-electron chi connectivity index (χ3n) is 4.71. The molecule has 0 spiro atoms. The Kier molecular flexibility index (Phi) is 4.14. The number of thiophene rings is 1. The molecule has 4 N–H and O–H groups in total. The number of fused-ring (bicyclic) bond motifs is 1. The van der Waals surface area contributed by atoms with Crippen LogP contribution in [0.1, 0.15) is 48.5 Å². The van der Waals surface area contributed by atoms with Crippen molar-refractivity contribution in [3.63, 3.8) is 0 Å². The number of oxime groups is 1. The lowest BCUT2D eigenvalue weighted by atomic mass is 9.86. The summed E-state index contributed by atoms with van der Waals surface area (Å²) in [5, 5.41) is 17.2. The van der Waals surface area contributed by atoms with Crippen LogP contribution in [-0.2, 0) is 11.2 Å². The van der Waals surface area contributed by atoms with E-state index in [4.69, 9.17) is 10.9 Å². The number of carbonyl (C=O) groups is 1. The summed E-state index contributed by atoms with van der Waals surface area (Å²) >= 11 is 1.75. The second-order valence-corrected chi connectivity index (χ2v) is 6.92. The van der Waals surface area contributed by atoms with Crippen molar-refractivity contribution in [2.45, 2.75) is 50.5 Å². The van der Waals surface area contributed by atoms with Crippen LogP contribution in [0.4, 0.5) is 0 Å². The second-order valence-electron chi connectivity index (χ2n) is 5.92. The highest BCUT2D eigenvalue weighted by molar-refractivity contribution is 7.10. The van der Waals surface area contributed by atoms with E-state index >= 15 is 0 Å². The molecule has 6 heteroatoms. The predicted octanol–water partition coefficient (Wildman–Crippen LogP) is 2.20. The summed E-state index contributed by atoms with van der Waals surface area (Å²) in [4.78, 5) is 14.0. The maximum atomic E-state index is 12.6. The van der Waals surface area contributed by atoms with Gasteiger partial charge in [0.05, 0.1) is 5.92 Å². The van der Waals surface area contributed by atoms with Gasteiger partial charge in [0.1, 0.15) is 5.84 Å². The quantitative estimate of drug-likeness (QED) is 0.346. The summed E-state index contributed by atoms with van der Waals surface area (Å²) in [6.45, 7) is 0. The van der Waals surface area contributed by atoms with Gasteiger partial charge in [-0.1, -0.05) is 11.6 Å². The van der Waals surface area contributed by atoms with Crippen molar-refractivity contribution in [3.05, 3.63) is 21.9 Å². The number of rotatable bonds is 3. The number of nitrogens with one attached hydrogen (secondary N) is 1. The molecular formula is C15H21N3O2S. The largest absolute Gasteiger partial charge is 0.409 e. The van der Waals surface area contributed by atoms with Gasteiger partial charge in [0.25, 0.3) is 0 Å². The minimum atomic E-state index is -0.0375. The molecule has 3 rings (SSSR count). The standard InChI is InChI=1S/C15H21N3O2S/c16-14(18-20)11-4-1-5-12(11)17-15(19)10-3-2-6-13-9(10)7-8-21-13/h7-8,10-12,20H,1-6H2,(H2,16,18)(H,17,19). The van der Waals surface area contributed by atoms with E-state index in [1.165, 1.54) is 10.4 Å². The molecule has 0 aromatic carbocycles. The van der Waals surface area contributed by atoms with Crippen molar-refractivity contribution >= 4 is 23.1 Å². The average molecular weight is 307 g/mol. The topological polar surface area (TPSA) is 87.7 Å². The molecule has 1 amide bonds. The Morgan fingerprint density at radius 3 is 3.05 bits per heavy atom. The molecular weight excluding hydrogens is 286 g/mol. The monoisotopic (exact) mass is 307 g/mol. The fraction of sp³-hybridized carbons (Fsp3) is 0.600. The van der Waals surface area contributed by atoms with Crippen LogP contribution in [0.25, 0.3) is 0 Å². The first kappa shape index (κ1) is 14.4. The Bertz CT molecular complexity index is 555. The van der Waals surface area contributed by atoms with E-state index in [-0.39, 0.29) is 29.6 Å². The molecule has 1 fully saturated rings. The van der Waals surface area contributed by atoms with Gasteiger partial charge in [-0.2, -0.15) is 0 Å². The Morgan fingerprint density at radius 1 is 1.38 bits per heavy atom. The molecule has 2 aliphatic carbocycles. The smallest absolute Gasteiger partial charge is 0.227 e. The molecule has 0 saturated heterocycles. The van der Waals surface area contributed by atoms with E-state index in [1.807, 2.05) is 0 Å². The highest BCUT2D eigenvalue weighted by atomic mass is 32.1. The fourth-order valence-corrected chi connectivity index (χ4v) is 4.59. The first-order valence-corrected chi connectivity index (χ1v) is 8.42. The number of amides is 1. The Labute approximate surface area is 128 Å². The Hall–Kier alpha value is -1.56. The van der Waals surface area contributed by atoms with E-state index < -0.39 is 0 Å². The van der Waals surface area contributed by atoms with Gasteiger partial charge in [-0.05, 0) is 49.1 Å². The number of nitrogens with two attached hydrogens (primary N) is 1. The Balaban J connectivity index is 1.70. The minimum absolute atomic E-state index is 0.00240. The number of aryl methyl sites for hydroxylation is 1. The molecule has 0 radical (unpaired) electrons. The van der Waals surface area contributed by atoms with Crippen LogP contribution in [0.3, 0.4) is 0 Å². The lowest BCUT2D eigenvalue weighted by molar-refractivity contribution is -0.123. The zero-order valence-electron chi connectivity index (χ0n) is 11.9. The minimum Gasteiger partial charge on any atom is -0.409 e. The van der Waals surface area contributed by atoms with Crippen molar-refractivity contribution in [2.75, 3.05) is 0 Å². The molecule has 0 aliphatic heterocycles. The van der Waals surface area contributed by atoms with Crippen LogP contribution in [0.15, 0.2) is 16.6 Å². The molecule has 1 aromatic rings. The van der Waals surface area contributed by atoms with Crippen molar-refractivity contribution < 1.29 is 10.0 Å². The van der Waals surface area contributed by atoms with Crippen molar-refractivity contribution in [3.8, 4) is 0 Å². The van der Waals surface area contributed by atoms with Gasteiger partial charge in [0.2, 0.25) is 5.91 Å². The fourth-order valence-electron chi connectivity index (χ4n) is 3.60. The lowest BCUT2D eigenvalue weighted by Gasteiger charge is -2.26. The van der Waals surface area contributed by atoms with Gasteiger partial charge in [0, 0.05) is 16.8 Å². The normalized spacial score (nSPS) is 29.1. The molecule has 2 aliphatic rings. The maximum Gasteiger partial charge on any atom is 0.227 e. The summed E-state index contributed by atoms with van der Waals surface area (Å²) in [6, 6.07) is 2.08. The van der Waals surface area contributed by atoms with Gasteiger partial charge in [0.15, 0.2) is 0 Å². The summed E-state index contributed by atoms with van der Waals surface area (Å²) in [6.07, 6.45) is 5.84. The SMILES string of the molecule is N/C(=N/O)C1CCCC1NC(=O)C1CCCc2sccc21. The van der Waals surface area contributed by atoms with Gasteiger partial charge >= 0.3 is 0 Å². The third-order valence-corrected chi connectivity index (χ3v) is 5.70. The maximum absolute atomic E-state index is 12.6. The van der Waals surface area contributed by atoms with Crippen molar-refractivity contribution in [2.24, 2.45) is 16.8 Å². The lowest BCUT2D eigenvalue weighted by Crippen LogP contribution is -2.44. The van der Waals surface area contributed by atoms with E-state index in [0.717, 1.165) is 38.5 Å². The molecule has 1 heterocycles. The number of hydrogen-bond donors (Lipinski definition) is 3. The Morgan fingerprint density at radius 2 is 2.24 bits per heavy atom. The van der Waals surface area contributed by atoms with Crippen LogP contribution in [0.2, 0.25) is 0 Å². The number of nitrogens with zero attached hydrogens (tertiary/aromatic N) is 1. The molecule has 114 valence electrons. The zero-order chi connectivity index (χ0) is 14.8. The predicted molar refractivity (Wildman–Crippen MR) is 82.7 cm³/mol. The third kappa shape index (κ3) is 2.77. The molecule has 3 atom stereocenters. The number of amidine groups is 1. The molecule has 1 saturated carbocycles. The summed E-state index contributed by atoms with van der Waals surface area (Å²) in [5.74, 6) is 0.257. The molecule has 1 aromatic heterocycles. The first-order valence-electron chi connectivity index (χ1n) is 7.54. The van der Waals surface area contributed by atoms with Gasteiger partial charge in [-0.3, -0.25) is 4.79 Å². The highest BCUT2D eigenvalue weighted by Crippen LogP contribution is 2.35. The summed E-state index contributed by atoms with van der Waals surface area (Å²) < 4.78 is 0. The van der Waals surface area contributed by atoms with Crippen LogP contribution in [-0.4, -0.2) is 23.0 Å². The summed E-state index contributed by atoms with van der Waals surface area (Å²) in [7, 11) is 0. The van der Waals surface area contributed by atoms with Crippen molar-refractivity contribution in [1.82, 2.24) is 5.32 Å². The number of hydrogen-bond acceptors (Lipinski definition) is 4. The van der Waals surface area contributed by atoms with Crippen molar-refractivity contribution in [1.29, 1.82) is 0 Å². The van der Waals surface area contributed by atoms with E-state index in [9.17, 15) is 4.79 Å². The highest BCUT2D eigenvalue weighted by Gasteiger charge is 2.34. The van der Waals surface area contributed by atoms with Crippen LogP contribution < -0.4 is 11.1 Å². The van der Waals surface area contributed by atoms with Crippen LogP contribution >= 0.6 is 11.3 Å². The summed E-state index contributed by atoms with van der Waals surface area (Å²) in [5.41, 5.74) is 6.93. The second kappa shape index (κ2) is 6.05. The molecule has 21 heavy (non-hydrogen) atoms. The van der Waals surface area contributed by atoms with E-state index in [0.29, 0.717) is 0 Å². The number of carbonyl (C=O) groups excluding carboxylic acids is 1. The van der Waals surface area contributed by atoms with Gasteiger partial charge in [-0.25, -0.2) is 0 Å². The van der Waals surface area contributed by atoms with E-state index in [2.05, 4.69) is 21.9 Å². The van der Waals surface area contributed by atoms with Gasteiger partial charge < -0.3 is 16.3 Å². The molecule has 5 nitrogen and oxygen atoms in total. The van der Waals surface area contributed by atoms with Crippen LogP contribution in [0, 0.1) is 5.92 Å². The molecule has 3 unspecified atom stereocenters. The van der Waals surface area contributed by atoms with E-state index in [1.54, 1.807) is 11.3 Å². The van der Waals surface area contributed by atoms with Gasteiger partial charge in [-0.15, -0.1) is 11.3 Å². The average Bonchev–Trinajstić information content (AvgIpc) is 3.14.